The van der Waals surface area contributed by atoms with Gasteiger partial charge in [-0.05, 0) is 283 Å². The van der Waals surface area contributed by atoms with E-state index in [4.69, 9.17) is 0 Å². The molecule has 0 atom stereocenters. The lowest BCUT2D eigenvalue weighted by molar-refractivity contribution is -0.665. The first-order valence-corrected chi connectivity index (χ1v) is 42.5. The van der Waals surface area contributed by atoms with Crippen LogP contribution in [-0.2, 0) is 28.2 Å². The van der Waals surface area contributed by atoms with Crippen LogP contribution in [0.3, 0.4) is 0 Å². The average molecular weight is 1500 g/mol. The van der Waals surface area contributed by atoms with Gasteiger partial charge in [0.1, 0.15) is 28.2 Å². The quantitative estimate of drug-likeness (QED) is 0.121. The van der Waals surface area contributed by atoms with E-state index in [-0.39, 0.29) is 0 Å². The van der Waals surface area contributed by atoms with Crippen molar-refractivity contribution in [2.75, 3.05) is 0 Å². The molecule has 3 fully saturated rings. The van der Waals surface area contributed by atoms with E-state index in [9.17, 15) is 0 Å². The number of hydrogen-bond acceptors (Lipinski definition) is 3. The topological polar surface area (TPSA) is 54.2 Å². The number of fused-ring (bicyclic) bond motifs is 4. The van der Waals surface area contributed by atoms with Crippen molar-refractivity contribution in [3.8, 4) is 56.2 Å². The zero-order chi connectivity index (χ0) is 80.5. The van der Waals surface area contributed by atoms with Crippen LogP contribution in [-0.4, -0.2) is 15.0 Å². The van der Waals surface area contributed by atoms with E-state index in [1.54, 1.807) is 0 Å². The predicted octanol–water partition coefficient (Wildman–Crippen LogP) is 26.1. The number of aryl methyl sites for hydroxylation is 8. The van der Waals surface area contributed by atoms with Gasteiger partial charge in [0.2, 0.25) is 22.8 Å². The van der Waals surface area contributed by atoms with Gasteiger partial charge in [-0.2, -0.15) is 18.3 Å². The fraction of sp³-hybridized carbons (Fsp3) is 0.406. The predicted molar refractivity (Wildman–Crippen MR) is 476 cm³/mol. The van der Waals surface area contributed by atoms with Crippen LogP contribution in [0.1, 0.15) is 237 Å². The van der Waals surface area contributed by atoms with Gasteiger partial charge in [-0.3, -0.25) is 15.0 Å². The van der Waals surface area contributed by atoms with Gasteiger partial charge in [0.05, 0.1) is 38.2 Å². The Hall–Kier alpha value is -9.59. The summed E-state index contributed by atoms with van der Waals surface area (Å²) in [6.07, 6.45) is 27.3. The molecular formula is C106H129N7+4. The van der Waals surface area contributed by atoms with E-state index in [1.807, 2.05) is 43.2 Å². The lowest BCUT2D eigenvalue weighted by Crippen LogP contribution is -2.35. The van der Waals surface area contributed by atoms with Crippen LogP contribution in [0.4, 0.5) is 0 Å². The second kappa shape index (κ2) is 33.8. The molecule has 0 spiro atoms. The lowest BCUT2D eigenvalue weighted by atomic mass is 9.71. The van der Waals surface area contributed by atoms with Crippen molar-refractivity contribution in [2.24, 2.45) is 56.3 Å². The van der Waals surface area contributed by atoms with Crippen LogP contribution in [0.15, 0.2) is 201 Å². The molecule has 7 heteroatoms. The first-order valence-electron chi connectivity index (χ1n) is 42.5. The Kier molecular flexibility index (Phi) is 24.4. The third-order valence-electron chi connectivity index (χ3n) is 26.9. The molecule has 7 nitrogen and oxygen atoms in total. The molecule has 0 aliphatic heterocycles. The molecule has 3 aliphatic carbocycles. The van der Waals surface area contributed by atoms with Gasteiger partial charge in [0.25, 0.3) is 0 Å². The van der Waals surface area contributed by atoms with Crippen molar-refractivity contribution in [3.05, 3.63) is 268 Å². The number of hydrogen-bond donors (Lipinski definition) is 0. The van der Waals surface area contributed by atoms with Crippen molar-refractivity contribution in [1.82, 2.24) is 15.0 Å². The van der Waals surface area contributed by atoms with Crippen LogP contribution >= 0.6 is 0 Å². The molecule has 0 unspecified atom stereocenters. The van der Waals surface area contributed by atoms with Gasteiger partial charge in [0, 0.05) is 100 Å². The molecule has 13 aromatic rings. The molecule has 0 bridgehead atoms. The summed E-state index contributed by atoms with van der Waals surface area (Å²) < 4.78 is 9.29. The van der Waals surface area contributed by atoms with Crippen LogP contribution < -0.4 is 18.3 Å². The summed E-state index contributed by atoms with van der Waals surface area (Å²) in [7, 11) is 8.70. The normalized spacial score (nSPS) is 15.8. The van der Waals surface area contributed by atoms with E-state index in [0.29, 0.717) is 51.8 Å². The Bertz CT molecular complexity index is 5430. The summed E-state index contributed by atoms with van der Waals surface area (Å²) >= 11 is 0. The molecule has 3 saturated carbocycles. The molecule has 7 heterocycles. The molecule has 0 radical (unpaired) electrons. The fourth-order valence-electron chi connectivity index (χ4n) is 19.3. The van der Waals surface area contributed by atoms with Gasteiger partial charge >= 0.3 is 0 Å². The van der Waals surface area contributed by atoms with Gasteiger partial charge < -0.3 is 0 Å². The summed E-state index contributed by atoms with van der Waals surface area (Å²) in [6.45, 7) is 41.4. The Morgan fingerprint density at radius 1 is 0.310 bits per heavy atom. The molecule has 0 N–H and O–H groups in total. The first-order chi connectivity index (χ1) is 53.8. The third kappa shape index (κ3) is 17.9. The number of pyridine rings is 7. The number of aromatic nitrogens is 7. The maximum atomic E-state index is 4.39. The SMILES string of the molecule is Cc1ccc(-c2cccnc2)cc1-c1c2ccc(C3CCC(C)(C)CC3)cc2cc(C)[n+]1C.Cc1ccccc1-c1c2ccc(C(C(C)C)C(C)C)cc2cc(C)[n+]1C.Cc1ccncc1-c1c2ccc(C3CCC(C)(C)CC3)cc2cc(C)[n+]1C.Cc1cnccc1-c1c2ccc(C3CCC(C)(C)CC3)cc2cc(C)[n+]1C. The summed E-state index contributed by atoms with van der Waals surface area (Å²) in [4.78, 5) is 13.0. The van der Waals surface area contributed by atoms with Crippen LogP contribution in [0.25, 0.3) is 99.2 Å². The number of benzene rings is 6. The molecule has 16 rings (SSSR count). The van der Waals surface area contributed by atoms with Crippen molar-refractivity contribution in [1.29, 1.82) is 0 Å². The second-order valence-electron chi connectivity index (χ2n) is 37.5. The highest BCUT2D eigenvalue weighted by Crippen LogP contribution is 2.47. The van der Waals surface area contributed by atoms with Gasteiger partial charge in [-0.15, -0.1) is 0 Å². The maximum absolute atomic E-state index is 4.39. The van der Waals surface area contributed by atoms with Gasteiger partial charge in [-0.25, -0.2) is 0 Å². The molecule has 3 aliphatic rings. The molecule has 6 aromatic carbocycles. The summed E-state index contributed by atoms with van der Waals surface area (Å²) in [6, 6.07) is 61.9. The molecule has 0 amide bonds. The highest BCUT2D eigenvalue weighted by Gasteiger charge is 2.33. The lowest BCUT2D eigenvalue weighted by Gasteiger charge is -2.34. The van der Waals surface area contributed by atoms with E-state index >= 15 is 0 Å². The minimum absolute atomic E-state index is 0.502. The first kappa shape index (κ1) is 81.4. The van der Waals surface area contributed by atoms with Crippen LogP contribution in [0, 0.1) is 83.5 Å². The zero-order valence-corrected chi connectivity index (χ0v) is 72.6. The summed E-state index contributed by atoms with van der Waals surface area (Å²) in [5.74, 6) is 3.99. The highest BCUT2D eigenvalue weighted by molar-refractivity contribution is 5.98. The summed E-state index contributed by atoms with van der Waals surface area (Å²) in [5.41, 5.74) is 30.4. The number of rotatable bonds is 11. The minimum atomic E-state index is 0.502. The smallest absolute Gasteiger partial charge is 0.222 e. The van der Waals surface area contributed by atoms with E-state index < -0.39 is 0 Å². The van der Waals surface area contributed by atoms with E-state index in [0.717, 1.165) is 5.56 Å². The van der Waals surface area contributed by atoms with Crippen LogP contribution in [0.2, 0.25) is 0 Å². The molecule has 7 aromatic heterocycles. The Morgan fingerprint density at radius 2 is 0.681 bits per heavy atom. The average Bonchev–Trinajstić information content (AvgIpc) is 0.773. The molecular weight excluding hydrogens is 1370 g/mol. The standard InChI is InChI=1S/C31H35N2.2C25H31N2.C25H32N/c1-21-8-9-25(26-7-6-16-32-20-26)19-29(21)30-28-11-10-24(18-27(28)17-22(2)33(30)5)23-12-14-31(3,4)15-13-23;1-17-16-26-13-10-22(17)24-23-7-6-20(15-21(23)14-18(2)27(24)5)19-8-11-25(3,4)12-9-19;1-17-10-13-26-16-23(17)24-22-7-6-20(15-21(22)14-18(2)27(24)5)19-8-11-25(3,4)12-9-19;1-16(2)24(17(3)4)20-12-13-23-21(15-20)14-19(6)26(7)25(23)22-11-9-8-10-18(22)5/h6-11,16-20,23H,12-15H2,1-5H3;2*6-7,10,13-16,19H,8-9,11-12H2,1-5H3;8-17,24H,1-7H3/q4*+1. The van der Waals surface area contributed by atoms with E-state index in [2.05, 4.69) is 344 Å². The Balaban J connectivity index is 0.000000132. The van der Waals surface area contributed by atoms with Crippen molar-refractivity contribution in [2.45, 2.75) is 225 Å². The Labute approximate surface area is 678 Å². The largest absolute Gasteiger partial charge is 0.264 e. The monoisotopic (exact) mass is 1500 g/mol. The Morgan fingerprint density at radius 3 is 1.10 bits per heavy atom. The number of nitrogens with zero attached hydrogens (tertiary/aromatic N) is 7. The highest BCUT2D eigenvalue weighted by atomic mass is 15.0. The molecule has 113 heavy (non-hydrogen) atoms. The third-order valence-corrected chi connectivity index (χ3v) is 26.9. The summed E-state index contributed by atoms with van der Waals surface area (Å²) in [5, 5.41) is 10.7. The second-order valence-corrected chi connectivity index (χ2v) is 37.5. The zero-order valence-electron chi connectivity index (χ0n) is 72.6. The minimum Gasteiger partial charge on any atom is -0.264 e. The maximum Gasteiger partial charge on any atom is 0.222 e. The van der Waals surface area contributed by atoms with Crippen LogP contribution in [0.5, 0.6) is 0 Å². The molecule has 0 saturated heterocycles. The van der Waals surface area contributed by atoms with Crippen molar-refractivity contribution in [3.63, 3.8) is 0 Å². The van der Waals surface area contributed by atoms with Crippen molar-refractivity contribution < 1.29 is 18.3 Å². The van der Waals surface area contributed by atoms with E-state index in [1.165, 1.54) is 238 Å². The van der Waals surface area contributed by atoms with Gasteiger partial charge in [0.15, 0.2) is 22.8 Å². The fourth-order valence-corrected chi connectivity index (χ4v) is 19.3. The molecule has 584 valence electrons. The van der Waals surface area contributed by atoms with Crippen molar-refractivity contribution >= 4 is 43.1 Å². The van der Waals surface area contributed by atoms with Gasteiger partial charge in [-0.1, -0.05) is 154 Å².